The predicted octanol–water partition coefficient (Wildman–Crippen LogP) is 1.26. The van der Waals surface area contributed by atoms with Crippen molar-refractivity contribution in [2.75, 3.05) is 20.2 Å². The van der Waals surface area contributed by atoms with Crippen molar-refractivity contribution in [3.8, 4) is 0 Å². The number of carbonyl (C=O) groups is 1. The molecule has 0 aromatic rings. The molecular weight excluding hydrogens is 204 g/mol. The topological polar surface area (TPSA) is 41.6 Å². The van der Waals surface area contributed by atoms with Crippen molar-refractivity contribution in [3.05, 3.63) is 0 Å². The number of carbonyl (C=O) groups excluding carboxylic acids is 1. The van der Waals surface area contributed by atoms with Gasteiger partial charge in [-0.25, -0.2) is 0 Å². The highest BCUT2D eigenvalue weighted by Crippen LogP contribution is 2.03. The van der Waals surface area contributed by atoms with E-state index in [2.05, 4.69) is 37.9 Å². The zero-order chi connectivity index (χ0) is 12.7. The zero-order valence-corrected chi connectivity index (χ0v) is 11.4. The number of hydrogen-bond acceptors (Lipinski definition) is 3. The van der Waals surface area contributed by atoms with Crippen LogP contribution in [0.5, 0.6) is 0 Å². The summed E-state index contributed by atoms with van der Waals surface area (Å²) in [6.45, 7) is 12.0. The first kappa shape index (κ1) is 15.4. The van der Waals surface area contributed by atoms with Crippen LogP contribution >= 0.6 is 0 Å². The van der Waals surface area contributed by atoms with E-state index >= 15 is 0 Å². The van der Waals surface area contributed by atoms with Crippen molar-refractivity contribution in [2.45, 2.75) is 52.8 Å². The molecule has 0 spiro atoms. The molecule has 0 rings (SSSR count). The SMILES string of the molecule is COC(C)C(=O)NCCN(C(C)C)C(C)C. The van der Waals surface area contributed by atoms with E-state index in [1.54, 1.807) is 14.0 Å². The Hall–Kier alpha value is -0.610. The van der Waals surface area contributed by atoms with Gasteiger partial charge in [0.1, 0.15) is 6.10 Å². The molecule has 1 atom stereocenters. The zero-order valence-electron chi connectivity index (χ0n) is 11.4. The van der Waals surface area contributed by atoms with Crippen molar-refractivity contribution >= 4 is 5.91 Å². The lowest BCUT2D eigenvalue weighted by Gasteiger charge is -2.30. The monoisotopic (exact) mass is 230 g/mol. The largest absolute Gasteiger partial charge is 0.372 e. The number of rotatable bonds is 7. The lowest BCUT2D eigenvalue weighted by Crippen LogP contribution is -2.44. The summed E-state index contributed by atoms with van der Waals surface area (Å²) in [5, 5.41) is 2.87. The van der Waals surface area contributed by atoms with Crippen LogP contribution in [0.25, 0.3) is 0 Å². The Morgan fingerprint density at radius 3 is 2.06 bits per heavy atom. The molecule has 0 bridgehead atoms. The third kappa shape index (κ3) is 5.47. The van der Waals surface area contributed by atoms with Crippen LogP contribution < -0.4 is 5.32 Å². The molecule has 96 valence electrons. The molecule has 0 fully saturated rings. The van der Waals surface area contributed by atoms with Gasteiger partial charge < -0.3 is 10.1 Å². The van der Waals surface area contributed by atoms with E-state index in [-0.39, 0.29) is 12.0 Å². The Morgan fingerprint density at radius 1 is 1.19 bits per heavy atom. The fourth-order valence-corrected chi connectivity index (χ4v) is 1.67. The van der Waals surface area contributed by atoms with Crippen LogP contribution in [0.1, 0.15) is 34.6 Å². The van der Waals surface area contributed by atoms with E-state index in [1.807, 2.05) is 0 Å². The van der Waals surface area contributed by atoms with Gasteiger partial charge in [-0.05, 0) is 34.6 Å². The summed E-state index contributed by atoms with van der Waals surface area (Å²) in [4.78, 5) is 13.8. The van der Waals surface area contributed by atoms with Gasteiger partial charge in [-0.15, -0.1) is 0 Å². The number of nitrogens with zero attached hydrogens (tertiary/aromatic N) is 1. The Kier molecular flexibility index (Phi) is 7.34. The average Bonchev–Trinajstić information content (AvgIpc) is 2.21. The van der Waals surface area contributed by atoms with Crippen molar-refractivity contribution in [1.82, 2.24) is 10.2 Å². The second-order valence-corrected chi connectivity index (χ2v) is 4.59. The molecule has 1 N–H and O–H groups in total. The second kappa shape index (κ2) is 7.63. The smallest absolute Gasteiger partial charge is 0.248 e. The molecule has 0 aromatic heterocycles. The van der Waals surface area contributed by atoms with Crippen LogP contribution in [0.2, 0.25) is 0 Å². The molecule has 0 aromatic carbocycles. The molecule has 1 unspecified atom stereocenters. The molecule has 0 radical (unpaired) electrons. The van der Waals surface area contributed by atoms with Gasteiger partial charge >= 0.3 is 0 Å². The van der Waals surface area contributed by atoms with Gasteiger partial charge in [0.15, 0.2) is 0 Å². The standard InChI is InChI=1S/C12H26N2O2/c1-9(2)14(10(3)4)8-7-13-12(15)11(5)16-6/h9-11H,7-8H2,1-6H3,(H,13,15). The lowest BCUT2D eigenvalue weighted by atomic mass is 10.2. The third-order valence-electron chi connectivity index (χ3n) is 2.72. The fourth-order valence-electron chi connectivity index (χ4n) is 1.67. The molecule has 0 aliphatic heterocycles. The van der Waals surface area contributed by atoms with E-state index in [1.165, 1.54) is 0 Å². The first-order valence-electron chi connectivity index (χ1n) is 5.96. The summed E-state index contributed by atoms with van der Waals surface area (Å²) in [5.41, 5.74) is 0. The normalized spacial score (nSPS) is 13.6. The van der Waals surface area contributed by atoms with Crippen LogP contribution in [0.15, 0.2) is 0 Å². The first-order chi connectivity index (χ1) is 7.40. The minimum Gasteiger partial charge on any atom is -0.372 e. The van der Waals surface area contributed by atoms with E-state index in [4.69, 9.17) is 4.74 Å². The second-order valence-electron chi connectivity index (χ2n) is 4.59. The van der Waals surface area contributed by atoms with Crippen LogP contribution in [0.3, 0.4) is 0 Å². The maximum atomic E-state index is 11.4. The Morgan fingerprint density at radius 2 is 1.69 bits per heavy atom. The van der Waals surface area contributed by atoms with Gasteiger partial charge in [-0.2, -0.15) is 0 Å². The average molecular weight is 230 g/mol. The number of hydrogen-bond donors (Lipinski definition) is 1. The Labute approximate surface area is 99.3 Å². The minimum atomic E-state index is -0.369. The van der Waals surface area contributed by atoms with Gasteiger partial charge in [-0.1, -0.05) is 0 Å². The van der Waals surface area contributed by atoms with E-state index < -0.39 is 0 Å². The summed E-state index contributed by atoms with van der Waals surface area (Å²) in [7, 11) is 1.54. The number of amides is 1. The maximum absolute atomic E-state index is 11.4. The lowest BCUT2D eigenvalue weighted by molar-refractivity contribution is -0.130. The fraction of sp³-hybridized carbons (Fsp3) is 0.917. The molecule has 16 heavy (non-hydrogen) atoms. The van der Waals surface area contributed by atoms with E-state index in [0.29, 0.717) is 18.6 Å². The Bertz CT molecular complexity index is 197. The molecular formula is C12H26N2O2. The number of methoxy groups -OCH3 is 1. The summed E-state index contributed by atoms with van der Waals surface area (Å²) >= 11 is 0. The minimum absolute atomic E-state index is 0.0463. The molecule has 0 aliphatic carbocycles. The highest BCUT2D eigenvalue weighted by Gasteiger charge is 2.14. The molecule has 4 heteroatoms. The van der Waals surface area contributed by atoms with Gasteiger partial charge in [0.2, 0.25) is 5.91 Å². The van der Waals surface area contributed by atoms with Crippen molar-refractivity contribution in [1.29, 1.82) is 0 Å². The van der Waals surface area contributed by atoms with Gasteiger partial charge in [0.25, 0.3) is 0 Å². The summed E-state index contributed by atoms with van der Waals surface area (Å²) in [5.74, 6) is -0.0463. The number of nitrogens with one attached hydrogen (secondary N) is 1. The van der Waals surface area contributed by atoms with Crippen LogP contribution in [0.4, 0.5) is 0 Å². The molecule has 0 heterocycles. The van der Waals surface area contributed by atoms with E-state index in [9.17, 15) is 4.79 Å². The van der Waals surface area contributed by atoms with Gasteiger partial charge in [0.05, 0.1) is 0 Å². The maximum Gasteiger partial charge on any atom is 0.248 e. The van der Waals surface area contributed by atoms with Crippen LogP contribution in [-0.4, -0.2) is 49.2 Å². The van der Waals surface area contributed by atoms with E-state index in [0.717, 1.165) is 6.54 Å². The van der Waals surface area contributed by atoms with Crippen LogP contribution in [-0.2, 0) is 9.53 Å². The van der Waals surface area contributed by atoms with Gasteiger partial charge in [-0.3, -0.25) is 9.69 Å². The summed E-state index contributed by atoms with van der Waals surface area (Å²) in [6, 6.07) is 0.994. The van der Waals surface area contributed by atoms with Gasteiger partial charge in [0, 0.05) is 32.3 Å². The Balaban J connectivity index is 3.91. The van der Waals surface area contributed by atoms with Crippen molar-refractivity contribution in [2.24, 2.45) is 0 Å². The molecule has 1 amide bonds. The van der Waals surface area contributed by atoms with Crippen molar-refractivity contribution < 1.29 is 9.53 Å². The summed E-state index contributed by atoms with van der Waals surface area (Å²) in [6.07, 6.45) is -0.369. The van der Waals surface area contributed by atoms with Crippen molar-refractivity contribution in [3.63, 3.8) is 0 Å². The quantitative estimate of drug-likeness (QED) is 0.716. The number of ether oxygens (including phenoxy) is 1. The summed E-state index contributed by atoms with van der Waals surface area (Å²) < 4.78 is 4.94. The predicted molar refractivity (Wildman–Crippen MR) is 66.5 cm³/mol. The molecule has 0 aliphatic rings. The highest BCUT2D eigenvalue weighted by molar-refractivity contribution is 5.80. The highest BCUT2D eigenvalue weighted by atomic mass is 16.5. The van der Waals surface area contributed by atoms with Crippen LogP contribution in [0, 0.1) is 0 Å². The molecule has 0 saturated carbocycles. The molecule has 0 saturated heterocycles. The first-order valence-corrected chi connectivity index (χ1v) is 5.96. The molecule has 4 nitrogen and oxygen atoms in total. The third-order valence-corrected chi connectivity index (χ3v) is 2.72.